The Balaban J connectivity index is 2.28. The van der Waals surface area contributed by atoms with Gasteiger partial charge >= 0.3 is 0 Å². The van der Waals surface area contributed by atoms with Crippen LogP contribution in [0.1, 0.15) is 18.4 Å². The Kier molecular flexibility index (Phi) is 2.51. The minimum atomic E-state index is -0.314. The van der Waals surface area contributed by atoms with Crippen LogP contribution in [0.3, 0.4) is 0 Å². The van der Waals surface area contributed by atoms with Crippen molar-refractivity contribution < 1.29 is 9.13 Å². The molecule has 0 N–H and O–H groups in total. The van der Waals surface area contributed by atoms with E-state index in [2.05, 4.69) is 0 Å². The summed E-state index contributed by atoms with van der Waals surface area (Å²) < 4.78 is 18.3. The van der Waals surface area contributed by atoms with Crippen LogP contribution in [-0.2, 0) is 4.74 Å². The van der Waals surface area contributed by atoms with Gasteiger partial charge in [-0.3, -0.25) is 0 Å². The van der Waals surface area contributed by atoms with Gasteiger partial charge in [-0.05, 0) is 36.6 Å². The van der Waals surface area contributed by atoms with Gasteiger partial charge in [0.1, 0.15) is 11.9 Å². The number of hydrogen-bond acceptors (Lipinski definition) is 1. The molecule has 13 heavy (non-hydrogen) atoms. The lowest BCUT2D eigenvalue weighted by molar-refractivity contribution is 0.216. The van der Waals surface area contributed by atoms with E-state index in [1.165, 1.54) is 12.1 Å². The number of benzene rings is 1. The summed E-state index contributed by atoms with van der Waals surface area (Å²) in [5.74, 6) is -0.314. The molecule has 1 heterocycles. The lowest BCUT2D eigenvalue weighted by Crippen LogP contribution is -1.97. The smallest absolute Gasteiger partial charge is 0.126 e. The van der Waals surface area contributed by atoms with Crippen LogP contribution in [0.2, 0.25) is 5.02 Å². The summed E-state index contributed by atoms with van der Waals surface area (Å²) in [4.78, 5) is 0. The van der Waals surface area contributed by atoms with E-state index in [9.17, 15) is 4.39 Å². The minimum absolute atomic E-state index is 0.314. The van der Waals surface area contributed by atoms with E-state index < -0.39 is 0 Å². The van der Waals surface area contributed by atoms with E-state index in [1.807, 2.05) is 0 Å². The Morgan fingerprint density at radius 1 is 1.31 bits per heavy atom. The van der Waals surface area contributed by atoms with Crippen LogP contribution in [0.25, 0.3) is 0 Å². The molecule has 3 heteroatoms. The maximum absolute atomic E-state index is 12.9. The SMILES string of the molecule is Fc1cc(Cl)cc([C]2CCCO2)c1. The van der Waals surface area contributed by atoms with Gasteiger partial charge < -0.3 is 4.74 Å². The third-order valence-corrected chi connectivity index (χ3v) is 2.23. The molecule has 0 saturated carbocycles. The molecule has 0 aliphatic carbocycles. The predicted molar refractivity (Wildman–Crippen MR) is 48.9 cm³/mol. The summed E-state index contributed by atoms with van der Waals surface area (Å²) in [6.45, 7) is 0.726. The van der Waals surface area contributed by atoms with Crippen LogP contribution in [0.4, 0.5) is 4.39 Å². The second kappa shape index (κ2) is 3.64. The lowest BCUT2D eigenvalue weighted by Gasteiger charge is -2.08. The second-order valence-corrected chi connectivity index (χ2v) is 3.47. The topological polar surface area (TPSA) is 9.23 Å². The Morgan fingerprint density at radius 2 is 2.15 bits per heavy atom. The van der Waals surface area contributed by atoms with E-state index in [-0.39, 0.29) is 5.82 Å². The second-order valence-electron chi connectivity index (χ2n) is 3.03. The summed E-state index contributed by atoms with van der Waals surface area (Å²) in [6.07, 6.45) is 2.73. The average Bonchev–Trinajstić information content (AvgIpc) is 2.53. The molecule has 0 amide bonds. The maximum Gasteiger partial charge on any atom is 0.126 e. The highest BCUT2D eigenvalue weighted by Crippen LogP contribution is 2.29. The number of rotatable bonds is 1. The highest BCUT2D eigenvalue weighted by Gasteiger charge is 2.19. The van der Waals surface area contributed by atoms with Gasteiger partial charge in [-0.15, -0.1) is 0 Å². The van der Waals surface area contributed by atoms with Crippen molar-refractivity contribution in [2.24, 2.45) is 0 Å². The molecule has 1 aromatic rings. The molecular formula is C10H9ClFO. The van der Waals surface area contributed by atoms with E-state index in [0.717, 1.165) is 31.1 Å². The van der Waals surface area contributed by atoms with Crippen LogP contribution >= 0.6 is 11.6 Å². The fourth-order valence-corrected chi connectivity index (χ4v) is 1.66. The first kappa shape index (κ1) is 8.97. The summed E-state index contributed by atoms with van der Waals surface area (Å²) in [5, 5.41) is 0.415. The normalized spacial score (nSPS) is 18.0. The molecule has 0 unspecified atom stereocenters. The molecule has 1 aliphatic heterocycles. The fraction of sp³-hybridized carbons (Fsp3) is 0.300. The standard InChI is InChI=1S/C10H9ClFO/c11-8-4-7(5-9(12)6-8)10-2-1-3-13-10/h4-6H,1-3H2. The van der Waals surface area contributed by atoms with Gasteiger partial charge in [0, 0.05) is 11.6 Å². The van der Waals surface area contributed by atoms with Gasteiger partial charge in [0.2, 0.25) is 0 Å². The van der Waals surface area contributed by atoms with Gasteiger partial charge in [0.05, 0.1) is 0 Å². The van der Waals surface area contributed by atoms with E-state index in [0.29, 0.717) is 5.02 Å². The third-order valence-electron chi connectivity index (χ3n) is 2.01. The third kappa shape index (κ3) is 2.01. The molecule has 1 radical (unpaired) electrons. The first-order valence-corrected chi connectivity index (χ1v) is 4.58. The van der Waals surface area contributed by atoms with Crippen molar-refractivity contribution in [3.63, 3.8) is 0 Å². The van der Waals surface area contributed by atoms with Crippen molar-refractivity contribution in [2.45, 2.75) is 12.8 Å². The Bertz CT molecular complexity index is 288. The number of hydrogen-bond donors (Lipinski definition) is 0. The van der Waals surface area contributed by atoms with E-state index in [1.54, 1.807) is 6.07 Å². The minimum Gasteiger partial charge on any atom is -0.367 e. The highest BCUT2D eigenvalue weighted by atomic mass is 35.5. The van der Waals surface area contributed by atoms with Crippen molar-refractivity contribution in [2.75, 3.05) is 6.61 Å². The van der Waals surface area contributed by atoms with Crippen molar-refractivity contribution in [1.82, 2.24) is 0 Å². The van der Waals surface area contributed by atoms with Gasteiger partial charge in [0.15, 0.2) is 0 Å². The molecule has 1 fully saturated rings. The summed E-state index contributed by atoms with van der Waals surface area (Å²) >= 11 is 5.72. The maximum atomic E-state index is 12.9. The lowest BCUT2D eigenvalue weighted by atomic mass is 10.1. The zero-order valence-electron chi connectivity index (χ0n) is 7.02. The van der Waals surface area contributed by atoms with Gasteiger partial charge in [-0.25, -0.2) is 4.39 Å². The molecule has 0 spiro atoms. The molecule has 0 aromatic heterocycles. The van der Waals surface area contributed by atoms with Gasteiger partial charge in [-0.2, -0.15) is 0 Å². The van der Waals surface area contributed by atoms with Crippen LogP contribution in [0.5, 0.6) is 0 Å². The van der Waals surface area contributed by atoms with Crippen LogP contribution < -0.4 is 0 Å². The summed E-state index contributed by atoms with van der Waals surface area (Å²) in [6, 6.07) is 4.47. The molecule has 1 aliphatic rings. The molecule has 0 bridgehead atoms. The van der Waals surface area contributed by atoms with Gasteiger partial charge in [-0.1, -0.05) is 11.6 Å². The molecule has 1 nitrogen and oxygen atoms in total. The predicted octanol–water partition coefficient (Wildman–Crippen LogP) is 3.17. The number of halogens is 2. The van der Waals surface area contributed by atoms with Crippen molar-refractivity contribution in [3.05, 3.63) is 40.7 Å². The quantitative estimate of drug-likeness (QED) is 0.675. The molecule has 0 atom stereocenters. The monoisotopic (exact) mass is 199 g/mol. The fourth-order valence-electron chi connectivity index (χ4n) is 1.44. The largest absolute Gasteiger partial charge is 0.367 e. The molecular weight excluding hydrogens is 191 g/mol. The summed E-state index contributed by atoms with van der Waals surface area (Å²) in [5.41, 5.74) is 0.766. The first-order chi connectivity index (χ1) is 6.25. The van der Waals surface area contributed by atoms with Gasteiger partial charge in [0.25, 0.3) is 0 Å². The number of ether oxygens (including phenoxy) is 1. The van der Waals surface area contributed by atoms with Crippen molar-refractivity contribution in [3.8, 4) is 0 Å². The zero-order valence-corrected chi connectivity index (χ0v) is 7.77. The highest BCUT2D eigenvalue weighted by molar-refractivity contribution is 6.30. The van der Waals surface area contributed by atoms with Crippen LogP contribution in [0.15, 0.2) is 18.2 Å². The first-order valence-electron chi connectivity index (χ1n) is 4.21. The summed E-state index contributed by atoms with van der Waals surface area (Å²) in [7, 11) is 0. The zero-order chi connectivity index (χ0) is 9.26. The molecule has 2 rings (SSSR count). The van der Waals surface area contributed by atoms with Crippen molar-refractivity contribution >= 4 is 11.6 Å². The van der Waals surface area contributed by atoms with Crippen LogP contribution in [-0.4, -0.2) is 6.61 Å². The van der Waals surface area contributed by atoms with Crippen molar-refractivity contribution in [1.29, 1.82) is 0 Å². The Hall–Kier alpha value is -0.600. The molecule has 1 aromatic carbocycles. The van der Waals surface area contributed by atoms with E-state index >= 15 is 0 Å². The molecule has 69 valence electrons. The average molecular weight is 200 g/mol. The van der Waals surface area contributed by atoms with Crippen LogP contribution in [0, 0.1) is 11.9 Å². The Morgan fingerprint density at radius 3 is 2.77 bits per heavy atom. The van der Waals surface area contributed by atoms with E-state index in [4.69, 9.17) is 16.3 Å². The molecule has 1 saturated heterocycles. The Labute approximate surface area is 81.5 Å².